The smallest absolute Gasteiger partial charge is 0.338 e. The maximum Gasteiger partial charge on any atom is 0.338 e. The predicted molar refractivity (Wildman–Crippen MR) is 51.2 cm³/mol. The Labute approximate surface area is 76.5 Å². The first-order valence-electron chi connectivity index (χ1n) is 3.96. The summed E-state index contributed by atoms with van der Waals surface area (Å²) in [7, 11) is 0. The summed E-state index contributed by atoms with van der Waals surface area (Å²) >= 11 is 0. The molecule has 1 rings (SSSR count). The van der Waals surface area contributed by atoms with E-state index in [9.17, 15) is 4.79 Å². The first-order chi connectivity index (χ1) is 6.13. The summed E-state index contributed by atoms with van der Waals surface area (Å²) in [5.41, 5.74) is 12.3. The minimum Gasteiger partial charge on any atom is -0.462 e. The molecule has 1 aromatic carbocycles. The van der Waals surface area contributed by atoms with Gasteiger partial charge in [-0.2, -0.15) is 0 Å². The van der Waals surface area contributed by atoms with Crippen molar-refractivity contribution in [2.24, 2.45) is 0 Å². The Morgan fingerprint density at radius 1 is 1.31 bits per heavy atom. The minimum absolute atomic E-state index is 0.341. The van der Waals surface area contributed by atoms with Gasteiger partial charge < -0.3 is 16.2 Å². The normalized spacial score (nSPS) is 9.62. The molecule has 13 heavy (non-hydrogen) atoms. The zero-order valence-corrected chi connectivity index (χ0v) is 7.41. The van der Waals surface area contributed by atoms with Gasteiger partial charge in [0.15, 0.2) is 0 Å². The van der Waals surface area contributed by atoms with Gasteiger partial charge >= 0.3 is 5.97 Å². The maximum absolute atomic E-state index is 11.2. The number of ether oxygens (including phenoxy) is 1. The van der Waals surface area contributed by atoms with Crippen LogP contribution in [0.4, 0.5) is 11.4 Å². The van der Waals surface area contributed by atoms with Crippen LogP contribution in [0.25, 0.3) is 0 Å². The van der Waals surface area contributed by atoms with E-state index in [2.05, 4.69) is 0 Å². The molecule has 0 aliphatic heterocycles. The number of hydrogen-bond acceptors (Lipinski definition) is 4. The van der Waals surface area contributed by atoms with Gasteiger partial charge in [-0.05, 0) is 25.1 Å². The summed E-state index contributed by atoms with van der Waals surface area (Å²) in [4.78, 5) is 11.2. The molecule has 0 saturated heterocycles. The molecule has 0 spiro atoms. The number of carbonyl (C=O) groups is 1. The van der Waals surface area contributed by atoms with Crippen molar-refractivity contribution >= 4 is 17.3 Å². The summed E-state index contributed by atoms with van der Waals surface area (Å²) in [6.07, 6.45) is 0. The van der Waals surface area contributed by atoms with Crippen molar-refractivity contribution < 1.29 is 9.53 Å². The number of nitrogen functional groups attached to an aromatic ring is 2. The first-order valence-corrected chi connectivity index (χ1v) is 3.96. The summed E-state index contributed by atoms with van der Waals surface area (Å²) < 4.78 is 4.79. The van der Waals surface area contributed by atoms with E-state index >= 15 is 0 Å². The molecule has 0 saturated carbocycles. The number of rotatable bonds is 2. The maximum atomic E-state index is 11.2. The summed E-state index contributed by atoms with van der Waals surface area (Å²) in [5, 5.41) is 0. The highest BCUT2D eigenvalue weighted by Gasteiger charge is 2.06. The Balaban J connectivity index is 2.94. The second-order valence-electron chi connectivity index (χ2n) is 2.61. The molecular weight excluding hydrogens is 168 g/mol. The SMILES string of the molecule is CCOC(=O)c1cc(N)cc(N)c1. The van der Waals surface area contributed by atoms with E-state index in [4.69, 9.17) is 16.2 Å². The van der Waals surface area contributed by atoms with Gasteiger partial charge in [-0.15, -0.1) is 0 Å². The van der Waals surface area contributed by atoms with Crippen molar-refractivity contribution in [3.8, 4) is 0 Å². The zero-order chi connectivity index (χ0) is 9.84. The molecule has 0 unspecified atom stereocenters. The molecule has 0 aliphatic carbocycles. The summed E-state index contributed by atoms with van der Waals surface area (Å²) in [6.45, 7) is 2.08. The Bertz CT molecular complexity index is 303. The van der Waals surface area contributed by atoms with Crippen molar-refractivity contribution in [2.75, 3.05) is 18.1 Å². The van der Waals surface area contributed by atoms with E-state index in [1.165, 1.54) is 12.1 Å². The van der Waals surface area contributed by atoms with E-state index < -0.39 is 5.97 Å². The molecule has 0 fully saturated rings. The van der Waals surface area contributed by atoms with Crippen LogP contribution in [-0.4, -0.2) is 12.6 Å². The molecule has 0 bridgehead atoms. The minimum atomic E-state index is -0.401. The van der Waals surface area contributed by atoms with E-state index in [1.54, 1.807) is 13.0 Å². The van der Waals surface area contributed by atoms with Crippen LogP contribution in [0.5, 0.6) is 0 Å². The first kappa shape index (κ1) is 9.38. The Morgan fingerprint density at radius 3 is 2.31 bits per heavy atom. The highest BCUT2D eigenvalue weighted by Crippen LogP contribution is 2.14. The fourth-order valence-corrected chi connectivity index (χ4v) is 1.01. The lowest BCUT2D eigenvalue weighted by Crippen LogP contribution is -2.06. The quantitative estimate of drug-likeness (QED) is 0.526. The van der Waals surface area contributed by atoms with Crippen molar-refractivity contribution in [1.29, 1.82) is 0 Å². The van der Waals surface area contributed by atoms with Gasteiger partial charge in [-0.3, -0.25) is 0 Å². The third-order valence-corrected chi connectivity index (χ3v) is 1.49. The molecular formula is C9H12N2O2. The number of benzene rings is 1. The molecule has 0 amide bonds. The fourth-order valence-electron chi connectivity index (χ4n) is 1.01. The monoisotopic (exact) mass is 180 g/mol. The van der Waals surface area contributed by atoms with Gasteiger partial charge in [0, 0.05) is 11.4 Å². The standard InChI is InChI=1S/C9H12N2O2/c1-2-13-9(12)6-3-7(10)5-8(11)4-6/h3-5H,2,10-11H2,1H3. The van der Waals surface area contributed by atoms with Crippen LogP contribution >= 0.6 is 0 Å². The van der Waals surface area contributed by atoms with Crippen LogP contribution in [0.3, 0.4) is 0 Å². The van der Waals surface area contributed by atoms with Gasteiger partial charge in [0.2, 0.25) is 0 Å². The number of carbonyl (C=O) groups excluding carboxylic acids is 1. The number of esters is 1. The lowest BCUT2D eigenvalue weighted by atomic mass is 10.2. The Morgan fingerprint density at radius 2 is 1.85 bits per heavy atom. The topological polar surface area (TPSA) is 78.3 Å². The molecule has 70 valence electrons. The summed E-state index contributed by atoms with van der Waals surface area (Å²) in [5.74, 6) is -0.401. The average Bonchev–Trinajstić information content (AvgIpc) is 2.03. The third kappa shape index (κ3) is 2.37. The largest absolute Gasteiger partial charge is 0.462 e. The lowest BCUT2D eigenvalue weighted by molar-refractivity contribution is 0.0526. The van der Waals surface area contributed by atoms with Gasteiger partial charge in [-0.1, -0.05) is 0 Å². The molecule has 4 N–H and O–H groups in total. The van der Waals surface area contributed by atoms with Crippen LogP contribution in [0.1, 0.15) is 17.3 Å². The van der Waals surface area contributed by atoms with Gasteiger partial charge in [0.05, 0.1) is 12.2 Å². The van der Waals surface area contributed by atoms with Crippen LogP contribution in [0.15, 0.2) is 18.2 Å². The van der Waals surface area contributed by atoms with Gasteiger partial charge in [-0.25, -0.2) is 4.79 Å². The molecule has 0 heterocycles. The van der Waals surface area contributed by atoms with Gasteiger partial charge in [0.1, 0.15) is 0 Å². The lowest BCUT2D eigenvalue weighted by Gasteiger charge is -2.03. The van der Waals surface area contributed by atoms with Crippen LogP contribution in [-0.2, 0) is 4.74 Å². The second-order valence-corrected chi connectivity index (χ2v) is 2.61. The highest BCUT2D eigenvalue weighted by atomic mass is 16.5. The van der Waals surface area contributed by atoms with Crippen LogP contribution < -0.4 is 11.5 Å². The molecule has 1 aromatic rings. The van der Waals surface area contributed by atoms with E-state index in [1.807, 2.05) is 0 Å². The van der Waals surface area contributed by atoms with Crippen LogP contribution in [0.2, 0.25) is 0 Å². The number of anilines is 2. The number of nitrogens with two attached hydrogens (primary N) is 2. The second kappa shape index (κ2) is 3.80. The van der Waals surface area contributed by atoms with E-state index in [0.29, 0.717) is 23.5 Å². The zero-order valence-electron chi connectivity index (χ0n) is 7.41. The molecule has 0 aliphatic rings. The molecule has 0 aromatic heterocycles. The molecule has 0 radical (unpaired) electrons. The van der Waals surface area contributed by atoms with Crippen LogP contribution in [0, 0.1) is 0 Å². The fraction of sp³-hybridized carbons (Fsp3) is 0.222. The van der Waals surface area contributed by atoms with E-state index in [-0.39, 0.29) is 0 Å². The van der Waals surface area contributed by atoms with Gasteiger partial charge in [0.25, 0.3) is 0 Å². The van der Waals surface area contributed by atoms with Crippen molar-refractivity contribution in [3.63, 3.8) is 0 Å². The highest BCUT2D eigenvalue weighted by molar-refractivity contribution is 5.91. The number of hydrogen-bond donors (Lipinski definition) is 2. The Kier molecular flexibility index (Phi) is 2.74. The average molecular weight is 180 g/mol. The molecule has 0 atom stereocenters. The molecule has 4 heteroatoms. The third-order valence-electron chi connectivity index (χ3n) is 1.49. The summed E-state index contributed by atoms with van der Waals surface area (Å²) in [6, 6.07) is 4.66. The van der Waals surface area contributed by atoms with Crippen molar-refractivity contribution in [3.05, 3.63) is 23.8 Å². The Hall–Kier alpha value is -1.71. The molecule has 4 nitrogen and oxygen atoms in total. The van der Waals surface area contributed by atoms with Crippen molar-refractivity contribution in [2.45, 2.75) is 6.92 Å². The predicted octanol–water partition coefficient (Wildman–Crippen LogP) is 1.03. The van der Waals surface area contributed by atoms with E-state index in [0.717, 1.165) is 0 Å². The van der Waals surface area contributed by atoms with Crippen molar-refractivity contribution in [1.82, 2.24) is 0 Å².